The van der Waals surface area contributed by atoms with Crippen molar-refractivity contribution in [3.05, 3.63) is 35.9 Å². The Bertz CT molecular complexity index is 576. The number of aliphatic carboxylic acids is 1. The van der Waals surface area contributed by atoms with Gasteiger partial charge in [-0.2, -0.15) is 13.2 Å². The highest BCUT2D eigenvalue weighted by atomic mass is 19.4. The zero-order valence-corrected chi connectivity index (χ0v) is 12.8. The first kappa shape index (κ1) is 18.1. The first-order chi connectivity index (χ1) is 11.3. The average molecular weight is 345 g/mol. The van der Waals surface area contributed by atoms with E-state index in [1.165, 1.54) is 0 Å². The van der Waals surface area contributed by atoms with Crippen molar-refractivity contribution in [1.29, 1.82) is 0 Å². The highest BCUT2D eigenvalue weighted by molar-refractivity contribution is 5.69. The van der Waals surface area contributed by atoms with E-state index in [9.17, 15) is 22.8 Å². The molecule has 1 N–H and O–H groups in total. The van der Waals surface area contributed by atoms with Crippen LogP contribution in [-0.2, 0) is 16.1 Å². The Hall–Kier alpha value is -2.25. The minimum atomic E-state index is -4.62. The number of halogens is 3. The van der Waals surface area contributed by atoms with E-state index < -0.39 is 36.6 Å². The third-order valence-electron chi connectivity index (χ3n) is 3.99. The fourth-order valence-corrected chi connectivity index (χ4v) is 2.80. The van der Waals surface area contributed by atoms with Gasteiger partial charge in [-0.3, -0.25) is 9.69 Å². The number of hydrogen-bond acceptors (Lipinski definition) is 3. The summed E-state index contributed by atoms with van der Waals surface area (Å²) in [6.45, 7) is -0.283. The Labute approximate surface area is 137 Å². The van der Waals surface area contributed by atoms with E-state index in [-0.39, 0.29) is 26.0 Å². The molecule has 0 radical (unpaired) electrons. The lowest BCUT2D eigenvalue weighted by Crippen LogP contribution is -2.53. The van der Waals surface area contributed by atoms with Crippen molar-refractivity contribution in [1.82, 2.24) is 4.90 Å². The standard InChI is InChI=1S/C16H18F3NO4/c17-16(18,19)13-8-12(9-14(21)22)6-7-20(13)15(23)24-10-11-4-2-1-3-5-11/h1-5,12-13H,6-10H2,(H,21,22). The number of carbonyl (C=O) groups is 2. The molecule has 5 nitrogen and oxygen atoms in total. The van der Waals surface area contributed by atoms with E-state index in [4.69, 9.17) is 9.84 Å². The third-order valence-corrected chi connectivity index (χ3v) is 3.99. The van der Waals surface area contributed by atoms with Gasteiger partial charge >= 0.3 is 18.2 Å². The smallest absolute Gasteiger partial charge is 0.410 e. The van der Waals surface area contributed by atoms with E-state index in [1.807, 2.05) is 0 Å². The first-order valence-corrected chi connectivity index (χ1v) is 7.53. The lowest BCUT2D eigenvalue weighted by atomic mass is 9.88. The highest BCUT2D eigenvalue weighted by Gasteiger charge is 2.49. The predicted octanol–water partition coefficient (Wildman–Crippen LogP) is 3.44. The normalized spacial score (nSPS) is 21.4. The summed E-state index contributed by atoms with van der Waals surface area (Å²) in [5.41, 5.74) is 0.676. The molecule has 0 bridgehead atoms. The van der Waals surface area contributed by atoms with E-state index in [0.717, 1.165) is 0 Å². The largest absolute Gasteiger partial charge is 0.481 e. The van der Waals surface area contributed by atoms with Gasteiger partial charge in [-0.15, -0.1) is 0 Å². The van der Waals surface area contributed by atoms with Gasteiger partial charge in [0.2, 0.25) is 0 Å². The van der Waals surface area contributed by atoms with Crippen LogP contribution in [0, 0.1) is 5.92 Å². The lowest BCUT2D eigenvalue weighted by Gasteiger charge is -2.39. The quantitative estimate of drug-likeness (QED) is 0.908. The monoisotopic (exact) mass is 345 g/mol. The van der Waals surface area contributed by atoms with Crippen LogP contribution in [0.5, 0.6) is 0 Å². The minimum absolute atomic E-state index is 0.112. The number of piperidine rings is 1. The number of nitrogens with zero attached hydrogens (tertiary/aromatic N) is 1. The van der Waals surface area contributed by atoms with Gasteiger partial charge in [0.05, 0.1) is 0 Å². The molecule has 1 saturated heterocycles. The maximum Gasteiger partial charge on any atom is 0.410 e. The predicted molar refractivity (Wildman–Crippen MR) is 78.2 cm³/mol. The van der Waals surface area contributed by atoms with Crippen LogP contribution in [0.1, 0.15) is 24.8 Å². The number of ether oxygens (including phenoxy) is 1. The second-order valence-corrected chi connectivity index (χ2v) is 5.78. The third kappa shape index (κ3) is 4.87. The molecule has 1 heterocycles. The first-order valence-electron chi connectivity index (χ1n) is 7.53. The van der Waals surface area contributed by atoms with Crippen molar-refractivity contribution >= 4 is 12.1 Å². The topological polar surface area (TPSA) is 66.8 Å². The second-order valence-electron chi connectivity index (χ2n) is 5.78. The van der Waals surface area contributed by atoms with E-state index >= 15 is 0 Å². The molecule has 1 aromatic carbocycles. The molecule has 24 heavy (non-hydrogen) atoms. The van der Waals surface area contributed by atoms with Gasteiger partial charge in [-0.05, 0) is 24.3 Å². The van der Waals surface area contributed by atoms with E-state index in [0.29, 0.717) is 10.5 Å². The molecule has 8 heteroatoms. The lowest BCUT2D eigenvalue weighted by molar-refractivity contribution is -0.191. The molecular formula is C16H18F3NO4. The molecule has 0 spiro atoms. The SMILES string of the molecule is O=C(O)CC1CCN(C(=O)OCc2ccccc2)C(C(F)(F)F)C1. The fourth-order valence-electron chi connectivity index (χ4n) is 2.80. The Balaban J connectivity index is 2.01. The fraction of sp³-hybridized carbons (Fsp3) is 0.500. The molecule has 0 aromatic heterocycles. The van der Waals surface area contributed by atoms with Crippen LogP contribution in [0.25, 0.3) is 0 Å². The number of carboxylic acids is 1. The zero-order valence-electron chi connectivity index (χ0n) is 12.8. The number of carboxylic acid groups (broad SMARTS) is 1. The molecule has 2 rings (SSSR count). The Morgan fingerprint density at radius 2 is 1.92 bits per heavy atom. The van der Waals surface area contributed by atoms with Gasteiger partial charge in [-0.25, -0.2) is 4.79 Å². The summed E-state index contributed by atoms with van der Waals surface area (Å²) < 4.78 is 44.7. The number of hydrogen-bond donors (Lipinski definition) is 1. The second kappa shape index (κ2) is 7.55. The van der Waals surface area contributed by atoms with Crippen LogP contribution in [-0.4, -0.2) is 40.8 Å². The van der Waals surface area contributed by atoms with Gasteiger partial charge in [0.1, 0.15) is 12.6 Å². The highest BCUT2D eigenvalue weighted by Crippen LogP contribution is 2.36. The van der Waals surface area contributed by atoms with Gasteiger partial charge < -0.3 is 9.84 Å². The van der Waals surface area contributed by atoms with Gasteiger partial charge in [0, 0.05) is 13.0 Å². The summed E-state index contributed by atoms with van der Waals surface area (Å²) in [5.74, 6) is -1.74. The molecule has 2 unspecified atom stereocenters. The maximum atomic E-state index is 13.2. The van der Waals surface area contributed by atoms with Crippen molar-refractivity contribution in [2.75, 3.05) is 6.54 Å². The number of rotatable bonds is 4. The molecule has 0 aliphatic carbocycles. The molecule has 1 aliphatic heterocycles. The Morgan fingerprint density at radius 3 is 2.50 bits per heavy atom. The average Bonchev–Trinajstić information content (AvgIpc) is 2.52. The summed E-state index contributed by atoms with van der Waals surface area (Å²) >= 11 is 0. The molecule has 0 saturated carbocycles. The molecule has 1 aliphatic rings. The number of carbonyl (C=O) groups excluding carboxylic acids is 1. The van der Waals surface area contributed by atoms with E-state index in [1.54, 1.807) is 30.3 Å². The van der Waals surface area contributed by atoms with Crippen molar-refractivity contribution in [2.24, 2.45) is 5.92 Å². The molecular weight excluding hydrogens is 327 g/mol. The van der Waals surface area contributed by atoms with Gasteiger partial charge in [-0.1, -0.05) is 30.3 Å². The van der Waals surface area contributed by atoms with Crippen molar-refractivity contribution < 1.29 is 32.6 Å². The van der Waals surface area contributed by atoms with Crippen molar-refractivity contribution in [3.63, 3.8) is 0 Å². The van der Waals surface area contributed by atoms with E-state index in [2.05, 4.69) is 0 Å². The molecule has 1 aromatic rings. The summed E-state index contributed by atoms with van der Waals surface area (Å²) in [7, 11) is 0. The van der Waals surface area contributed by atoms with Gasteiger partial charge in [0.15, 0.2) is 0 Å². The maximum absolute atomic E-state index is 13.2. The Kier molecular flexibility index (Phi) is 5.69. The Morgan fingerprint density at radius 1 is 1.25 bits per heavy atom. The minimum Gasteiger partial charge on any atom is -0.481 e. The van der Waals surface area contributed by atoms with Crippen molar-refractivity contribution in [2.45, 2.75) is 38.1 Å². The summed E-state index contributed by atoms with van der Waals surface area (Å²) in [6, 6.07) is 6.64. The van der Waals surface area contributed by atoms with Crippen LogP contribution in [0.3, 0.4) is 0 Å². The molecule has 2 atom stereocenters. The zero-order chi connectivity index (χ0) is 17.7. The number of alkyl halides is 3. The molecule has 1 amide bonds. The van der Waals surface area contributed by atoms with Crippen LogP contribution in [0.4, 0.5) is 18.0 Å². The molecule has 132 valence electrons. The molecule has 1 fully saturated rings. The summed E-state index contributed by atoms with van der Waals surface area (Å²) in [4.78, 5) is 23.4. The van der Waals surface area contributed by atoms with Crippen LogP contribution in [0.2, 0.25) is 0 Å². The number of benzene rings is 1. The van der Waals surface area contributed by atoms with Crippen molar-refractivity contribution in [3.8, 4) is 0 Å². The van der Waals surface area contributed by atoms with Gasteiger partial charge in [0.25, 0.3) is 0 Å². The van der Waals surface area contributed by atoms with Crippen LogP contribution in [0.15, 0.2) is 30.3 Å². The van der Waals surface area contributed by atoms with Crippen LogP contribution >= 0.6 is 0 Å². The van der Waals surface area contributed by atoms with Crippen LogP contribution < -0.4 is 0 Å². The summed E-state index contributed by atoms with van der Waals surface area (Å²) in [6.07, 6.45) is -6.20. The number of likely N-dealkylation sites (tertiary alicyclic amines) is 1. The number of amides is 1. The summed E-state index contributed by atoms with van der Waals surface area (Å²) in [5, 5.41) is 8.75.